The van der Waals surface area contributed by atoms with Gasteiger partial charge in [-0.05, 0) is 24.6 Å². The summed E-state index contributed by atoms with van der Waals surface area (Å²) in [6.45, 7) is 2.85. The van der Waals surface area contributed by atoms with E-state index in [1.165, 1.54) is 5.56 Å². The predicted octanol–water partition coefficient (Wildman–Crippen LogP) is 2.91. The molecule has 1 atom stereocenters. The number of aromatic nitrogens is 2. The summed E-state index contributed by atoms with van der Waals surface area (Å²) in [6, 6.07) is 8.15. The van der Waals surface area contributed by atoms with Gasteiger partial charge in [0.2, 0.25) is 0 Å². The van der Waals surface area contributed by atoms with Gasteiger partial charge in [-0.3, -0.25) is 0 Å². The fourth-order valence-corrected chi connectivity index (χ4v) is 1.64. The summed E-state index contributed by atoms with van der Waals surface area (Å²) in [7, 11) is 0. The van der Waals surface area contributed by atoms with Gasteiger partial charge in [0.05, 0.1) is 6.54 Å². The highest BCUT2D eigenvalue weighted by Crippen LogP contribution is 2.16. The minimum absolute atomic E-state index is 0.280. The summed E-state index contributed by atoms with van der Waals surface area (Å²) in [5, 5.41) is 4.15. The Labute approximate surface area is 99.9 Å². The molecule has 0 amide bonds. The molecule has 0 radical (unpaired) electrons. The van der Waals surface area contributed by atoms with Crippen LogP contribution < -0.4 is 5.32 Å². The SMILES string of the molecule is CC(NCc1ncc[nH]1)c1ccc(Cl)cc1. The monoisotopic (exact) mass is 235 g/mol. The number of rotatable bonds is 4. The van der Waals surface area contributed by atoms with E-state index >= 15 is 0 Å². The Morgan fingerprint density at radius 1 is 1.38 bits per heavy atom. The first-order valence-corrected chi connectivity index (χ1v) is 5.60. The average molecular weight is 236 g/mol. The predicted molar refractivity (Wildman–Crippen MR) is 65.3 cm³/mol. The molecule has 1 unspecified atom stereocenters. The van der Waals surface area contributed by atoms with Gasteiger partial charge in [-0.2, -0.15) is 0 Å². The van der Waals surface area contributed by atoms with Gasteiger partial charge in [0.25, 0.3) is 0 Å². The maximum atomic E-state index is 5.84. The summed E-state index contributed by atoms with van der Waals surface area (Å²) in [6.07, 6.45) is 3.58. The second-order valence-corrected chi connectivity index (χ2v) is 4.13. The lowest BCUT2D eigenvalue weighted by Crippen LogP contribution is -2.18. The van der Waals surface area contributed by atoms with Crippen LogP contribution in [0.4, 0.5) is 0 Å². The van der Waals surface area contributed by atoms with Crippen molar-refractivity contribution in [1.29, 1.82) is 0 Å². The first-order chi connectivity index (χ1) is 7.75. The van der Waals surface area contributed by atoms with Crippen molar-refractivity contribution in [3.8, 4) is 0 Å². The third kappa shape index (κ3) is 2.84. The van der Waals surface area contributed by atoms with Gasteiger partial charge in [-0.15, -0.1) is 0 Å². The molecule has 84 valence electrons. The zero-order chi connectivity index (χ0) is 11.4. The van der Waals surface area contributed by atoms with Crippen LogP contribution in [0.3, 0.4) is 0 Å². The van der Waals surface area contributed by atoms with Crippen LogP contribution >= 0.6 is 11.6 Å². The lowest BCUT2D eigenvalue weighted by molar-refractivity contribution is 0.562. The third-order valence-corrected chi connectivity index (χ3v) is 2.75. The minimum atomic E-state index is 0.280. The second kappa shape index (κ2) is 5.14. The van der Waals surface area contributed by atoms with E-state index in [-0.39, 0.29) is 6.04 Å². The molecule has 3 nitrogen and oxygen atoms in total. The van der Waals surface area contributed by atoms with Crippen molar-refractivity contribution in [1.82, 2.24) is 15.3 Å². The van der Waals surface area contributed by atoms with E-state index in [0.717, 1.165) is 17.4 Å². The normalized spacial score (nSPS) is 12.6. The van der Waals surface area contributed by atoms with E-state index in [9.17, 15) is 0 Å². The van der Waals surface area contributed by atoms with E-state index in [1.54, 1.807) is 6.20 Å². The Balaban J connectivity index is 1.93. The Morgan fingerprint density at radius 3 is 2.75 bits per heavy atom. The molecule has 0 spiro atoms. The van der Waals surface area contributed by atoms with Crippen molar-refractivity contribution in [2.45, 2.75) is 19.5 Å². The van der Waals surface area contributed by atoms with Crippen LogP contribution in [-0.2, 0) is 6.54 Å². The topological polar surface area (TPSA) is 40.7 Å². The Hall–Kier alpha value is -1.32. The fraction of sp³-hybridized carbons (Fsp3) is 0.250. The molecular weight excluding hydrogens is 222 g/mol. The largest absolute Gasteiger partial charge is 0.348 e. The van der Waals surface area contributed by atoms with Gasteiger partial charge < -0.3 is 10.3 Å². The quantitative estimate of drug-likeness (QED) is 0.856. The smallest absolute Gasteiger partial charge is 0.120 e. The van der Waals surface area contributed by atoms with Crippen LogP contribution in [0, 0.1) is 0 Å². The molecule has 2 aromatic rings. The summed E-state index contributed by atoms with van der Waals surface area (Å²) < 4.78 is 0. The Kier molecular flexibility index (Phi) is 3.59. The number of imidazole rings is 1. The van der Waals surface area contributed by atoms with Crippen LogP contribution in [0.1, 0.15) is 24.4 Å². The highest BCUT2D eigenvalue weighted by atomic mass is 35.5. The van der Waals surface area contributed by atoms with E-state index in [0.29, 0.717) is 0 Å². The van der Waals surface area contributed by atoms with E-state index in [2.05, 4.69) is 22.2 Å². The minimum Gasteiger partial charge on any atom is -0.348 e. The van der Waals surface area contributed by atoms with E-state index in [4.69, 9.17) is 11.6 Å². The summed E-state index contributed by atoms with van der Waals surface area (Å²) in [4.78, 5) is 7.22. The highest BCUT2D eigenvalue weighted by Gasteiger charge is 2.04. The molecule has 0 saturated heterocycles. The van der Waals surface area contributed by atoms with Gasteiger partial charge in [0.1, 0.15) is 5.82 Å². The van der Waals surface area contributed by atoms with Crippen molar-refractivity contribution in [3.05, 3.63) is 53.1 Å². The Morgan fingerprint density at radius 2 is 2.12 bits per heavy atom. The van der Waals surface area contributed by atoms with Gasteiger partial charge in [-0.25, -0.2) is 4.98 Å². The van der Waals surface area contributed by atoms with Crippen molar-refractivity contribution in [2.24, 2.45) is 0 Å². The standard InChI is InChI=1S/C12H14ClN3/c1-9(10-2-4-11(13)5-3-10)16-8-12-14-6-7-15-12/h2-7,9,16H,8H2,1H3,(H,14,15). The lowest BCUT2D eigenvalue weighted by Gasteiger charge is -2.13. The first-order valence-electron chi connectivity index (χ1n) is 5.23. The number of halogens is 1. The summed E-state index contributed by atoms with van der Waals surface area (Å²) in [5.41, 5.74) is 1.22. The number of hydrogen-bond acceptors (Lipinski definition) is 2. The molecule has 1 aromatic carbocycles. The fourth-order valence-electron chi connectivity index (χ4n) is 1.51. The van der Waals surface area contributed by atoms with Crippen LogP contribution in [-0.4, -0.2) is 9.97 Å². The van der Waals surface area contributed by atoms with Crippen LogP contribution in [0.5, 0.6) is 0 Å². The molecule has 0 saturated carbocycles. The molecule has 2 rings (SSSR count). The maximum absolute atomic E-state index is 5.84. The Bertz CT molecular complexity index is 422. The zero-order valence-corrected chi connectivity index (χ0v) is 9.83. The van der Waals surface area contributed by atoms with Crippen molar-refractivity contribution >= 4 is 11.6 Å². The van der Waals surface area contributed by atoms with Gasteiger partial charge in [0, 0.05) is 23.5 Å². The molecule has 0 aliphatic heterocycles. The third-order valence-electron chi connectivity index (χ3n) is 2.50. The summed E-state index contributed by atoms with van der Waals surface area (Å²) >= 11 is 5.84. The second-order valence-electron chi connectivity index (χ2n) is 3.69. The van der Waals surface area contributed by atoms with Gasteiger partial charge in [0.15, 0.2) is 0 Å². The molecule has 2 N–H and O–H groups in total. The van der Waals surface area contributed by atoms with Crippen molar-refractivity contribution < 1.29 is 0 Å². The molecule has 4 heteroatoms. The highest BCUT2D eigenvalue weighted by molar-refractivity contribution is 6.30. The number of nitrogens with zero attached hydrogens (tertiary/aromatic N) is 1. The number of benzene rings is 1. The lowest BCUT2D eigenvalue weighted by atomic mass is 10.1. The molecule has 0 fully saturated rings. The molecule has 0 aliphatic rings. The first kappa shape index (κ1) is 11.2. The number of H-pyrrole nitrogens is 1. The molecule has 1 heterocycles. The number of hydrogen-bond donors (Lipinski definition) is 2. The molecular formula is C12H14ClN3. The van der Waals surface area contributed by atoms with Crippen molar-refractivity contribution in [3.63, 3.8) is 0 Å². The maximum Gasteiger partial charge on any atom is 0.120 e. The number of nitrogens with one attached hydrogen (secondary N) is 2. The van der Waals surface area contributed by atoms with Gasteiger partial charge in [-0.1, -0.05) is 23.7 Å². The molecule has 1 aromatic heterocycles. The van der Waals surface area contributed by atoms with E-state index < -0.39 is 0 Å². The summed E-state index contributed by atoms with van der Waals surface area (Å²) in [5.74, 6) is 0.945. The van der Waals surface area contributed by atoms with Gasteiger partial charge >= 0.3 is 0 Å². The van der Waals surface area contributed by atoms with E-state index in [1.807, 2.05) is 30.5 Å². The molecule has 0 aliphatic carbocycles. The van der Waals surface area contributed by atoms with Crippen LogP contribution in [0.25, 0.3) is 0 Å². The number of aromatic amines is 1. The van der Waals surface area contributed by atoms with Crippen LogP contribution in [0.2, 0.25) is 5.02 Å². The van der Waals surface area contributed by atoms with Crippen molar-refractivity contribution in [2.75, 3.05) is 0 Å². The zero-order valence-electron chi connectivity index (χ0n) is 9.07. The average Bonchev–Trinajstić information content (AvgIpc) is 2.80. The molecule has 0 bridgehead atoms. The molecule has 16 heavy (non-hydrogen) atoms. The van der Waals surface area contributed by atoms with Crippen LogP contribution in [0.15, 0.2) is 36.7 Å².